The van der Waals surface area contributed by atoms with E-state index >= 15 is 0 Å². The molecule has 0 radical (unpaired) electrons. The molecule has 1 N–H and O–H groups in total. The van der Waals surface area contributed by atoms with Crippen LogP contribution >= 0.6 is 24.8 Å². The fourth-order valence-electron chi connectivity index (χ4n) is 3.01. The smallest absolute Gasteiger partial charge is 0.258 e. The standard InChI is InChI=1S/C18H20F2N2.2ClH/c19-18(20)17(22-11-9-21-10-12-22)16-8-4-7-15(13-16)14-5-2-1-3-6-14;;/h1-8,13,17-18,21H,9-12H2;2*1H/t17-;;/m0../s1. The van der Waals surface area contributed by atoms with Crippen molar-refractivity contribution in [3.63, 3.8) is 0 Å². The van der Waals surface area contributed by atoms with Gasteiger partial charge in [-0.05, 0) is 22.8 Å². The minimum atomic E-state index is -2.39. The van der Waals surface area contributed by atoms with Crippen molar-refractivity contribution in [2.75, 3.05) is 26.2 Å². The Morgan fingerprint density at radius 1 is 0.833 bits per heavy atom. The predicted octanol–water partition coefficient (Wildman–Crippen LogP) is 4.41. The Balaban J connectivity index is 0.00000144. The third-order valence-electron chi connectivity index (χ3n) is 4.12. The van der Waals surface area contributed by atoms with Crippen LogP contribution in [0.2, 0.25) is 0 Å². The van der Waals surface area contributed by atoms with Gasteiger partial charge in [-0.2, -0.15) is 0 Å². The van der Waals surface area contributed by atoms with Gasteiger partial charge in [0.15, 0.2) is 0 Å². The quantitative estimate of drug-likeness (QED) is 0.852. The van der Waals surface area contributed by atoms with Crippen LogP contribution in [0.4, 0.5) is 8.78 Å². The summed E-state index contributed by atoms with van der Waals surface area (Å²) in [5.74, 6) is 0. The highest BCUT2D eigenvalue weighted by atomic mass is 35.5. The van der Waals surface area contributed by atoms with Gasteiger partial charge < -0.3 is 5.32 Å². The van der Waals surface area contributed by atoms with E-state index < -0.39 is 12.5 Å². The molecule has 0 aliphatic carbocycles. The summed E-state index contributed by atoms with van der Waals surface area (Å²) < 4.78 is 27.3. The molecule has 0 unspecified atom stereocenters. The lowest BCUT2D eigenvalue weighted by atomic mass is 9.98. The minimum absolute atomic E-state index is 0. The maximum absolute atomic E-state index is 13.6. The SMILES string of the molecule is Cl.Cl.FC(F)[C@H](c1cccc(-c2ccccc2)c1)N1CCNCC1. The Morgan fingerprint density at radius 3 is 2.08 bits per heavy atom. The van der Waals surface area contributed by atoms with E-state index in [1.54, 1.807) is 0 Å². The van der Waals surface area contributed by atoms with Crippen LogP contribution in [-0.2, 0) is 0 Å². The van der Waals surface area contributed by atoms with E-state index in [0.717, 1.165) is 24.2 Å². The van der Waals surface area contributed by atoms with Gasteiger partial charge in [0.2, 0.25) is 0 Å². The third-order valence-corrected chi connectivity index (χ3v) is 4.12. The van der Waals surface area contributed by atoms with E-state index in [-0.39, 0.29) is 24.8 Å². The lowest BCUT2D eigenvalue weighted by Crippen LogP contribution is -2.46. The molecule has 24 heavy (non-hydrogen) atoms. The molecular formula is C18H22Cl2F2N2. The average molecular weight is 375 g/mol. The van der Waals surface area contributed by atoms with Gasteiger partial charge in [0.25, 0.3) is 6.43 Å². The van der Waals surface area contributed by atoms with Crippen molar-refractivity contribution in [2.24, 2.45) is 0 Å². The molecule has 0 amide bonds. The van der Waals surface area contributed by atoms with E-state index in [1.807, 2.05) is 59.5 Å². The molecule has 1 fully saturated rings. The maximum atomic E-state index is 13.6. The largest absolute Gasteiger partial charge is 0.314 e. The first-order valence-corrected chi connectivity index (χ1v) is 7.64. The van der Waals surface area contributed by atoms with E-state index in [9.17, 15) is 8.78 Å². The second kappa shape index (κ2) is 9.94. The van der Waals surface area contributed by atoms with Crippen molar-refractivity contribution < 1.29 is 8.78 Å². The Labute approximate surface area is 154 Å². The molecule has 0 saturated carbocycles. The van der Waals surface area contributed by atoms with E-state index in [4.69, 9.17) is 0 Å². The number of hydrogen-bond donors (Lipinski definition) is 1. The molecule has 6 heteroatoms. The zero-order valence-electron chi connectivity index (χ0n) is 13.2. The summed E-state index contributed by atoms with van der Waals surface area (Å²) in [6.07, 6.45) is -2.39. The summed E-state index contributed by atoms with van der Waals surface area (Å²) in [6, 6.07) is 16.6. The molecule has 3 rings (SSSR count). The fraction of sp³-hybridized carbons (Fsp3) is 0.333. The first-order chi connectivity index (χ1) is 10.8. The monoisotopic (exact) mass is 374 g/mol. The van der Waals surface area contributed by atoms with Crippen molar-refractivity contribution in [1.29, 1.82) is 0 Å². The van der Waals surface area contributed by atoms with Crippen molar-refractivity contribution >= 4 is 24.8 Å². The molecule has 132 valence electrons. The molecule has 2 nitrogen and oxygen atoms in total. The number of halogens is 4. The van der Waals surface area contributed by atoms with Crippen molar-refractivity contribution in [3.05, 3.63) is 60.2 Å². The average Bonchev–Trinajstić information content (AvgIpc) is 2.57. The van der Waals surface area contributed by atoms with Crippen LogP contribution in [0, 0.1) is 0 Å². The van der Waals surface area contributed by atoms with Crippen LogP contribution in [0.1, 0.15) is 11.6 Å². The van der Waals surface area contributed by atoms with Gasteiger partial charge in [0, 0.05) is 26.2 Å². The Kier molecular flexibility index (Phi) is 8.63. The summed E-state index contributed by atoms with van der Waals surface area (Å²) in [4.78, 5) is 1.88. The van der Waals surface area contributed by atoms with Gasteiger partial charge in [0.05, 0.1) is 6.04 Å². The molecule has 1 heterocycles. The lowest BCUT2D eigenvalue weighted by molar-refractivity contribution is 0.0182. The van der Waals surface area contributed by atoms with Gasteiger partial charge in [-0.15, -0.1) is 24.8 Å². The molecule has 1 atom stereocenters. The van der Waals surface area contributed by atoms with Gasteiger partial charge in [-0.3, -0.25) is 4.90 Å². The highest BCUT2D eigenvalue weighted by Crippen LogP contribution is 2.30. The Morgan fingerprint density at radius 2 is 1.46 bits per heavy atom. The zero-order valence-corrected chi connectivity index (χ0v) is 14.8. The van der Waals surface area contributed by atoms with Crippen LogP contribution in [0.15, 0.2) is 54.6 Å². The van der Waals surface area contributed by atoms with Gasteiger partial charge in [-0.1, -0.05) is 48.5 Å². The number of hydrogen-bond acceptors (Lipinski definition) is 2. The normalized spacial score (nSPS) is 16.1. The Hall–Kier alpha value is -1.20. The number of nitrogens with zero attached hydrogens (tertiary/aromatic N) is 1. The molecule has 1 saturated heterocycles. The summed E-state index contributed by atoms with van der Waals surface area (Å²) in [5, 5.41) is 3.21. The van der Waals surface area contributed by atoms with Crippen LogP contribution in [0.5, 0.6) is 0 Å². The third kappa shape index (κ3) is 4.90. The van der Waals surface area contributed by atoms with Crippen LogP contribution in [0.3, 0.4) is 0 Å². The number of alkyl halides is 2. The molecule has 0 aromatic heterocycles. The number of rotatable bonds is 4. The summed E-state index contributed by atoms with van der Waals surface area (Å²) >= 11 is 0. The van der Waals surface area contributed by atoms with Crippen molar-refractivity contribution in [2.45, 2.75) is 12.5 Å². The molecule has 1 aliphatic heterocycles. The number of nitrogens with one attached hydrogen (secondary N) is 1. The summed E-state index contributed by atoms with van der Waals surface area (Å²) in [5.41, 5.74) is 2.73. The molecule has 0 spiro atoms. The highest BCUT2D eigenvalue weighted by Gasteiger charge is 2.30. The first kappa shape index (κ1) is 20.8. The number of piperazine rings is 1. The Bertz CT molecular complexity index is 605. The van der Waals surface area contributed by atoms with Crippen LogP contribution in [0.25, 0.3) is 11.1 Å². The molecular weight excluding hydrogens is 353 g/mol. The first-order valence-electron chi connectivity index (χ1n) is 7.64. The zero-order chi connectivity index (χ0) is 15.4. The van der Waals surface area contributed by atoms with E-state index in [0.29, 0.717) is 18.7 Å². The van der Waals surface area contributed by atoms with Gasteiger partial charge >= 0.3 is 0 Å². The summed E-state index contributed by atoms with van der Waals surface area (Å²) in [6.45, 7) is 2.85. The molecule has 2 aromatic rings. The van der Waals surface area contributed by atoms with Crippen molar-refractivity contribution in [1.82, 2.24) is 10.2 Å². The fourth-order valence-corrected chi connectivity index (χ4v) is 3.01. The molecule has 0 bridgehead atoms. The van der Waals surface area contributed by atoms with Crippen molar-refractivity contribution in [3.8, 4) is 11.1 Å². The van der Waals surface area contributed by atoms with Gasteiger partial charge in [0.1, 0.15) is 0 Å². The highest BCUT2D eigenvalue weighted by molar-refractivity contribution is 5.85. The second-order valence-electron chi connectivity index (χ2n) is 5.56. The number of benzene rings is 2. The second-order valence-corrected chi connectivity index (χ2v) is 5.56. The van der Waals surface area contributed by atoms with Crippen LogP contribution in [-0.4, -0.2) is 37.5 Å². The van der Waals surface area contributed by atoms with Gasteiger partial charge in [-0.25, -0.2) is 8.78 Å². The molecule has 1 aliphatic rings. The summed E-state index contributed by atoms with van der Waals surface area (Å²) in [7, 11) is 0. The lowest BCUT2D eigenvalue weighted by Gasteiger charge is -2.34. The van der Waals surface area contributed by atoms with E-state index in [1.165, 1.54) is 0 Å². The van der Waals surface area contributed by atoms with E-state index in [2.05, 4.69) is 5.32 Å². The topological polar surface area (TPSA) is 15.3 Å². The van der Waals surface area contributed by atoms with Crippen LogP contribution < -0.4 is 5.32 Å². The maximum Gasteiger partial charge on any atom is 0.258 e. The minimum Gasteiger partial charge on any atom is -0.314 e. The molecule has 2 aromatic carbocycles. The predicted molar refractivity (Wildman–Crippen MR) is 99.6 cm³/mol.